The molecule has 1 fully saturated rings. The van der Waals surface area contributed by atoms with E-state index in [9.17, 15) is 5.11 Å². The molecule has 9 heteroatoms. The smallest absolute Gasteiger partial charge is 0.245 e. The van der Waals surface area contributed by atoms with E-state index in [1.54, 1.807) is 10.9 Å². The van der Waals surface area contributed by atoms with Crippen molar-refractivity contribution in [2.24, 2.45) is 0 Å². The van der Waals surface area contributed by atoms with Gasteiger partial charge in [-0.2, -0.15) is 4.98 Å². The molecule has 0 bridgehead atoms. The van der Waals surface area contributed by atoms with Gasteiger partial charge in [0.15, 0.2) is 17.4 Å². The Balaban J connectivity index is 1.57. The molecule has 8 nitrogen and oxygen atoms in total. The van der Waals surface area contributed by atoms with E-state index in [1.165, 1.54) is 6.33 Å². The third-order valence-corrected chi connectivity index (χ3v) is 6.99. The van der Waals surface area contributed by atoms with Crippen molar-refractivity contribution in [3.8, 4) is 5.88 Å². The fraction of sp³-hybridized carbons (Fsp3) is 0.500. The number of imidazole rings is 1. The molecule has 1 aliphatic rings. The number of benzene rings is 1. The lowest BCUT2D eigenvalue weighted by Gasteiger charge is -2.22. The van der Waals surface area contributed by atoms with E-state index in [4.69, 9.17) is 15.6 Å². The molecular formula is C22H30N4O4Si. The summed E-state index contributed by atoms with van der Waals surface area (Å²) in [6.45, 7) is 7.71. The van der Waals surface area contributed by atoms with Crippen LogP contribution in [0.1, 0.15) is 20.1 Å². The average molecular weight is 444 g/mol. The molecule has 0 spiro atoms. The molecule has 166 valence electrons. The van der Waals surface area contributed by atoms with Gasteiger partial charge in [0, 0.05) is 9.44 Å². The number of fused-ring (bicyclic) bond motifs is 1. The summed E-state index contributed by atoms with van der Waals surface area (Å²) in [5.74, 6) is 0.435. The van der Waals surface area contributed by atoms with Gasteiger partial charge in [-0.25, -0.2) is 9.97 Å². The Hall–Kier alpha value is -2.33. The molecule has 0 aliphatic carbocycles. The van der Waals surface area contributed by atoms with E-state index in [1.807, 2.05) is 30.3 Å². The first-order valence-corrected chi connectivity index (χ1v) is 14.2. The molecule has 1 saturated heterocycles. The second-order valence-corrected chi connectivity index (χ2v) is 14.6. The number of aliphatic hydroxyl groups excluding tert-OH is 1. The molecule has 1 aliphatic heterocycles. The van der Waals surface area contributed by atoms with Crippen LogP contribution in [0.2, 0.25) is 25.7 Å². The minimum Gasteiger partial charge on any atom is -0.476 e. The van der Waals surface area contributed by atoms with E-state index in [0.717, 1.165) is 11.6 Å². The van der Waals surface area contributed by atoms with Crippen LogP contribution in [0, 0.1) is 0 Å². The van der Waals surface area contributed by atoms with Crippen LogP contribution >= 0.6 is 0 Å². The summed E-state index contributed by atoms with van der Waals surface area (Å²) in [7, 11) is -1.24. The Labute approximate surface area is 184 Å². The van der Waals surface area contributed by atoms with Gasteiger partial charge in [-0.1, -0.05) is 50.0 Å². The minimum absolute atomic E-state index is 0.0739. The molecule has 3 heterocycles. The zero-order chi connectivity index (χ0) is 22.7. The maximum atomic E-state index is 10.8. The third kappa shape index (κ3) is 4.95. The number of hydrogen-bond acceptors (Lipinski definition) is 7. The zero-order valence-electron chi connectivity index (χ0n) is 19.1. The second kappa shape index (κ2) is 9.03. The summed E-state index contributed by atoms with van der Waals surface area (Å²) >= 11 is 0. The summed E-state index contributed by atoms with van der Waals surface area (Å²) in [6, 6.07) is 10.8. The Morgan fingerprint density at radius 3 is 2.74 bits per heavy atom. The van der Waals surface area contributed by atoms with E-state index in [-0.39, 0.29) is 6.90 Å². The SMILES string of the molecule is [2H]CC1OC(n2cnc3c(OCC[Si](C)(C)C)ncnc32)[C@H](OCc2ccccc2)[C@@H]1O. The highest BCUT2D eigenvalue weighted by Gasteiger charge is 2.44. The number of aromatic nitrogens is 4. The first kappa shape index (κ1) is 20.6. The number of aliphatic hydroxyl groups is 1. The van der Waals surface area contributed by atoms with Crippen LogP contribution in [0.4, 0.5) is 0 Å². The van der Waals surface area contributed by atoms with Crippen molar-refractivity contribution in [1.29, 1.82) is 0 Å². The van der Waals surface area contributed by atoms with E-state index < -0.39 is 32.6 Å². The number of nitrogens with zero attached hydrogens (tertiary/aromatic N) is 4. The molecule has 0 amide bonds. The van der Waals surface area contributed by atoms with Crippen molar-refractivity contribution in [2.45, 2.75) is 63.7 Å². The molecule has 4 rings (SSSR count). The Bertz CT molecular complexity index is 1030. The quantitative estimate of drug-likeness (QED) is 0.534. The Morgan fingerprint density at radius 2 is 2.00 bits per heavy atom. The second-order valence-electron chi connectivity index (χ2n) is 8.98. The molecule has 2 unspecified atom stereocenters. The Morgan fingerprint density at radius 1 is 1.19 bits per heavy atom. The highest BCUT2D eigenvalue weighted by molar-refractivity contribution is 6.76. The van der Waals surface area contributed by atoms with Gasteiger partial charge in [-0.3, -0.25) is 4.57 Å². The van der Waals surface area contributed by atoms with Gasteiger partial charge >= 0.3 is 0 Å². The molecule has 0 saturated carbocycles. The predicted molar refractivity (Wildman–Crippen MR) is 120 cm³/mol. The lowest BCUT2D eigenvalue weighted by molar-refractivity contribution is -0.0728. The summed E-state index contributed by atoms with van der Waals surface area (Å²) in [6.07, 6.45) is 0.110. The largest absolute Gasteiger partial charge is 0.476 e. The van der Waals surface area contributed by atoms with Crippen molar-refractivity contribution < 1.29 is 20.7 Å². The van der Waals surface area contributed by atoms with Gasteiger partial charge in [0.05, 0.1) is 25.6 Å². The summed E-state index contributed by atoms with van der Waals surface area (Å²) < 4.78 is 27.5. The van der Waals surface area contributed by atoms with Crippen LogP contribution in [0.5, 0.6) is 5.88 Å². The van der Waals surface area contributed by atoms with Gasteiger partial charge < -0.3 is 19.3 Å². The van der Waals surface area contributed by atoms with E-state index >= 15 is 0 Å². The summed E-state index contributed by atoms with van der Waals surface area (Å²) in [5, 5.41) is 10.8. The zero-order valence-corrected chi connectivity index (χ0v) is 19.1. The minimum atomic E-state index is -1.24. The topological polar surface area (TPSA) is 91.5 Å². The van der Waals surface area contributed by atoms with Crippen LogP contribution in [0.15, 0.2) is 43.0 Å². The van der Waals surface area contributed by atoms with Gasteiger partial charge in [0.1, 0.15) is 18.5 Å². The lowest BCUT2D eigenvalue weighted by Crippen LogP contribution is -2.33. The molecule has 4 atom stereocenters. The summed E-state index contributed by atoms with van der Waals surface area (Å²) in [5.41, 5.74) is 2.07. The monoisotopic (exact) mass is 443 g/mol. The molecule has 3 aromatic rings. The Kier molecular flexibility index (Phi) is 5.99. The number of ether oxygens (including phenoxy) is 3. The van der Waals surface area contributed by atoms with Gasteiger partial charge in [-0.15, -0.1) is 0 Å². The maximum Gasteiger partial charge on any atom is 0.245 e. The third-order valence-electron chi connectivity index (χ3n) is 5.29. The predicted octanol–water partition coefficient (Wildman–Crippen LogP) is 3.41. The highest BCUT2D eigenvalue weighted by Crippen LogP contribution is 2.34. The maximum absolute atomic E-state index is 10.8. The fourth-order valence-electron chi connectivity index (χ4n) is 3.46. The number of hydrogen-bond donors (Lipinski definition) is 1. The van der Waals surface area contributed by atoms with Crippen molar-refractivity contribution >= 4 is 19.2 Å². The normalized spacial score (nSPS) is 24.5. The first-order valence-electron chi connectivity index (χ1n) is 11.2. The van der Waals surface area contributed by atoms with Crippen LogP contribution in [0.25, 0.3) is 11.2 Å². The van der Waals surface area contributed by atoms with Crippen LogP contribution < -0.4 is 4.74 Å². The fourth-order valence-corrected chi connectivity index (χ4v) is 4.18. The van der Waals surface area contributed by atoms with Gasteiger partial charge in [-0.05, 0) is 18.5 Å². The van der Waals surface area contributed by atoms with Crippen molar-refractivity contribution in [1.82, 2.24) is 19.5 Å². The number of rotatable bonds is 8. The molecule has 1 aromatic carbocycles. The van der Waals surface area contributed by atoms with Gasteiger partial charge in [0.2, 0.25) is 5.88 Å². The lowest BCUT2D eigenvalue weighted by atomic mass is 10.1. The molecule has 0 radical (unpaired) electrons. The van der Waals surface area contributed by atoms with Crippen LogP contribution in [-0.2, 0) is 16.1 Å². The van der Waals surface area contributed by atoms with Crippen LogP contribution in [-0.4, -0.2) is 57.6 Å². The average Bonchev–Trinajstić information content (AvgIpc) is 3.33. The van der Waals surface area contributed by atoms with Crippen LogP contribution in [0.3, 0.4) is 0 Å². The van der Waals surface area contributed by atoms with Gasteiger partial charge in [0.25, 0.3) is 0 Å². The standard InChI is InChI=1S/C22H30N4O4Si/c1-15-18(27)19(29-12-16-8-6-5-7-9-16)22(30-15)26-14-25-17-20(26)23-13-24-21(17)28-10-11-31(2,3)4/h5-9,13-15,18-19,22,27H,10-12H2,1-4H3/t15?,18-,19-,22?/m1/s1/i1D. The van der Waals surface area contributed by atoms with Crippen molar-refractivity contribution in [3.05, 3.63) is 48.5 Å². The molecule has 2 aromatic heterocycles. The molecular weight excluding hydrogens is 412 g/mol. The van der Waals surface area contributed by atoms with E-state index in [0.29, 0.717) is 30.3 Å². The van der Waals surface area contributed by atoms with E-state index in [2.05, 4.69) is 34.6 Å². The molecule has 1 N–H and O–H groups in total. The van der Waals surface area contributed by atoms with Crippen molar-refractivity contribution in [3.63, 3.8) is 0 Å². The molecule has 31 heavy (non-hydrogen) atoms. The summed E-state index contributed by atoms with van der Waals surface area (Å²) in [4.78, 5) is 13.1. The highest BCUT2D eigenvalue weighted by atomic mass is 28.3. The first-order chi connectivity index (χ1) is 15.4. The van der Waals surface area contributed by atoms with Crippen molar-refractivity contribution in [2.75, 3.05) is 6.61 Å².